The molecule has 0 aromatic rings. The van der Waals surface area contributed by atoms with Gasteiger partial charge in [0.2, 0.25) is 5.91 Å². The third kappa shape index (κ3) is 6.84. The minimum atomic E-state index is 0.179. The molecule has 0 radical (unpaired) electrons. The van der Waals surface area contributed by atoms with E-state index in [1.54, 1.807) is 0 Å². The summed E-state index contributed by atoms with van der Waals surface area (Å²) < 4.78 is 5.31. The summed E-state index contributed by atoms with van der Waals surface area (Å²) in [5.41, 5.74) is 5.50. The Labute approximate surface area is 121 Å². The molecular formula is C13H25N3O2S. The fraction of sp³-hybridized carbons (Fsp3) is 0.846. The summed E-state index contributed by atoms with van der Waals surface area (Å²) in [5, 5.41) is 0. The van der Waals surface area contributed by atoms with Crippen molar-refractivity contribution in [3.05, 3.63) is 0 Å². The van der Waals surface area contributed by atoms with Crippen LogP contribution in [-0.2, 0) is 9.53 Å². The van der Waals surface area contributed by atoms with Crippen LogP contribution in [0.5, 0.6) is 0 Å². The van der Waals surface area contributed by atoms with Crippen molar-refractivity contribution in [2.24, 2.45) is 5.73 Å². The van der Waals surface area contributed by atoms with Crippen molar-refractivity contribution in [1.29, 1.82) is 0 Å². The van der Waals surface area contributed by atoms with E-state index in [0.29, 0.717) is 24.4 Å². The van der Waals surface area contributed by atoms with E-state index in [2.05, 4.69) is 4.90 Å². The van der Waals surface area contributed by atoms with Gasteiger partial charge in [0.25, 0.3) is 0 Å². The maximum absolute atomic E-state index is 11.8. The molecule has 0 bridgehead atoms. The van der Waals surface area contributed by atoms with Gasteiger partial charge in [-0.1, -0.05) is 19.1 Å². The predicted molar refractivity (Wildman–Crippen MR) is 80.1 cm³/mol. The van der Waals surface area contributed by atoms with Crippen molar-refractivity contribution in [2.45, 2.75) is 26.2 Å². The Hall–Kier alpha value is -0.720. The van der Waals surface area contributed by atoms with Gasteiger partial charge >= 0.3 is 0 Å². The van der Waals surface area contributed by atoms with Crippen LogP contribution < -0.4 is 5.73 Å². The molecule has 1 aliphatic heterocycles. The van der Waals surface area contributed by atoms with Crippen LogP contribution in [0.15, 0.2) is 0 Å². The molecule has 1 aliphatic rings. The fourth-order valence-electron chi connectivity index (χ4n) is 2.14. The van der Waals surface area contributed by atoms with Gasteiger partial charge in [0.15, 0.2) is 0 Å². The largest absolute Gasteiger partial charge is 0.393 e. The number of thiocarbonyl (C=S) groups is 1. The number of rotatable bonds is 8. The lowest BCUT2D eigenvalue weighted by Crippen LogP contribution is -2.39. The molecule has 0 spiro atoms. The zero-order valence-electron chi connectivity index (χ0n) is 11.8. The van der Waals surface area contributed by atoms with Crippen molar-refractivity contribution in [1.82, 2.24) is 9.80 Å². The van der Waals surface area contributed by atoms with Crippen LogP contribution in [0.2, 0.25) is 0 Å². The van der Waals surface area contributed by atoms with Crippen molar-refractivity contribution < 1.29 is 9.53 Å². The smallest absolute Gasteiger partial charge is 0.222 e. The summed E-state index contributed by atoms with van der Waals surface area (Å²) in [4.78, 5) is 16.5. The van der Waals surface area contributed by atoms with E-state index in [1.165, 1.54) is 0 Å². The number of hydrogen-bond acceptors (Lipinski definition) is 4. The van der Waals surface area contributed by atoms with Gasteiger partial charge in [-0.3, -0.25) is 9.69 Å². The molecule has 0 aromatic carbocycles. The van der Waals surface area contributed by atoms with E-state index < -0.39 is 0 Å². The second-order valence-corrected chi connectivity index (χ2v) is 5.28. The van der Waals surface area contributed by atoms with E-state index >= 15 is 0 Å². The highest BCUT2D eigenvalue weighted by atomic mass is 32.1. The van der Waals surface area contributed by atoms with Gasteiger partial charge in [0, 0.05) is 45.6 Å². The van der Waals surface area contributed by atoms with E-state index in [-0.39, 0.29) is 5.91 Å². The Morgan fingerprint density at radius 1 is 1.37 bits per heavy atom. The first-order valence-corrected chi connectivity index (χ1v) is 7.40. The number of carbonyl (C=O) groups excluding carboxylic acids is 1. The number of hydrogen-bond donors (Lipinski definition) is 1. The first-order chi connectivity index (χ1) is 9.13. The molecule has 5 nitrogen and oxygen atoms in total. The molecule has 1 heterocycles. The Balaban J connectivity index is 2.26. The topological polar surface area (TPSA) is 58.8 Å². The number of carbonyl (C=O) groups is 1. The van der Waals surface area contributed by atoms with Crippen LogP contribution in [0.4, 0.5) is 0 Å². The molecule has 1 fully saturated rings. The molecule has 0 aromatic heterocycles. The number of amides is 1. The molecule has 1 saturated heterocycles. The van der Waals surface area contributed by atoms with E-state index in [4.69, 9.17) is 22.7 Å². The van der Waals surface area contributed by atoms with Crippen molar-refractivity contribution >= 4 is 23.1 Å². The van der Waals surface area contributed by atoms with Gasteiger partial charge in [-0.05, 0) is 6.42 Å². The van der Waals surface area contributed by atoms with Crippen LogP contribution in [0.1, 0.15) is 26.2 Å². The highest BCUT2D eigenvalue weighted by molar-refractivity contribution is 7.80. The first-order valence-electron chi connectivity index (χ1n) is 6.99. The standard InChI is InChI=1S/C13H25N3O2S/c1-2-13(17)16(7-4-12(14)19)6-3-5-15-8-10-18-11-9-15/h2-11H2,1H3,(H2,14,19). The van der Waals surface area contributed by atoms with Gasteiger partial charge in [-0.15, -0.1) is 0 Å². The van der Waals surface area contributed by atoms with Crippen LogP contribution >= 0.6 is 12.2 Å². The average Bonchev–Trinajstić information content (AvgIpc) is 2.42. The van der Waals surface area contributed by atoms with E-state index in [9.17, 15) is 4.79 Å². The van der Waals surface area contributed by atoms with Crippen LogP contribution in [-0.4, -0.2) is 66.6 Å². The molecule has 0 unspecified atom stereocenters. The highest BCUT2D eigenvalue weighted by Crippen LogP contribution is 2.02. The van der Waals surface area contributed by atoms with Crippen LogP contribution in [0.3, 0.4) is 0 Å². The SMILES string of the molecule is CCC(=O)N(CCCN1CCOCC1)CCC(N)=S. The molecule has 19 heavy (non-hydrogen) atoms. The number of ether oxygens (including phenoxy) is 1. The predicted octanol–water partition coefficient (Wildman–Crippen LogP) is 0.624. The quantitative estimate of drug-likeness (QED) is 0.663. The second-order valence-electron chi connectivity index (χ2n) is 4.76. The maximum Gasteiger partial charge on any atom is 0.222 e. The molecule has 2 N–H and O–H groups in total. The zero-order valence-corrected chi connectivity index (χ0v) is 12.6. The summed E-state index contributed by atoms with van der Waals surface area (Å²) in [5.74, 6) is 0.179. The molecule has 6 heteroatoms. The monoisotopic (exact) mass is 287 g/mol. The van der Waals surface area contributed by atoms with Crippen molar-refractivity contribution in [2.75, 3.05) is 45.9 Å². The van der Waals surface area contributed by atoms with Gasteiger partial charge in [0.05, 0.1) is 18.2 Å². The lowest BCUT2D eigenvalue weighted by Gasteiger charge is -2.28. The molecule has 0 saturated carbocycles. The number of nitrogens with zero attached hydrogens (tertiary/aromatic N) is 2. The third-order valence-electron chi connectivity index (χ3n) is 3.29. The van der Waals surface area contributed by atoms with Gasteiger partial charge in [-0.2, -0.15) is 0 Å². The Bertz CT molecular complexity index is 294. The summed E-state index contributed by atoms with van der Waals surface area (Å²) in [7, 11) is 0. The van der Waals surface area contributed by atoms with Crippen molar-refractivity contribution in [3.8, 4) is 0 Å². The molecular weight excluding hydrogens is 262 g/mol. The maximum atomic E-state index is 11.8. The normalized spacial score (nSPS) is 16.3. The Morgan fingerprint density at radius 3 is 2.63 bits per heavy atom. The lowest BCUT2D eigenvalue weighted by molar-refractivity contribution is -0.130. The zero-order chi connectivity index (χ0) is 14.1. The highest BCUT2D eigenvalue weighted by Gasteiger charge is 2.13. The summed E-state index contributed by atoms with van der Waals surface area (Å²) in [6, 6.07) is 0. The number of nitrogens with two attached hydrogens (primary N) is 1. The molecule has 0 aliphatic carbocycles. The Morgan fingerprint density at radius 2 is 2.05 bits per heavy atom. The molecule has 1 rings (SSSR count). The van der Waals surface area contributed by atoms with Crippen LogP contribution in [0, 0.1) is 0 Å². The molecule has 110 valence electrons. The summed E-state index contributed by atoms with van der Waals surface area (Å²) in [6.45, 7) is 7.96. The molecule has 0 atom stereocenters. The minimum absolute atomic E-state index is 0.179. The van der Waals surface area contributed by atoms with Gasteiger partial charge in [-0.25, -0.2) is 0 Å². The minimum Gasteiger partial charge on any atom is -0.393 e. The van der Waals surface area contributed by atoms with Crippen LogP contribution in [0.25, 0.3) is 0 Å². The van der Waals surface area contributed by atoms with Gasteiger partial charge < -0.3 is 15.4 Å². The number of morpholine rings is 1. The molecule has 1 amide bonds. The van der Waals surface area contributed by atoms with E-state index in [0.717, 1.165) is 45.8 Å². The lowest BCUT2D eigenvalue weighted by atomic mass is 10.2. The summed E-state index contributed by atoms with van der Waals surface area (Å²) in [6.07, 6.45) is 2.14. The third-order valence-corrected chi connectivity index (χ3v) is 3.49. The summed E-state index contributed by atoms with van der Waals surface area (Å²) >= 11 is 4.87. The van der Waals surface area contributed by atoms with E-state index in [1.807, 2.05) is 11.8 Å². The fourth-order valence-corrected chi connectivity index (χ4v) is 2.23. The Kier molecular flexibility index (Phi) is 7.93. The first kappa shape index (κ1) is 16.3. The second kappa shape index (κ2) is 9.23. The van der Waals surface area contributed by atoms with Gasteiger partial charge in [0.1, 0.15) is 0 Å². The van der Waals surface area contributed by atoms with Crippen molar-refractivity contribution in [3.63, 3.8) is 0 Å². The average molecular weight is 287 g/mol.